The van der Waals surface area contributed by atoms with E-state index in [1.165, 1.54) is 32.1 Å². The van der Waals surface area contributed by atoms with Crippen LogP contribution in [-0.2, 0) is 6.54 Å². The highest BCUT2D eigenvalue weighted by molar-refractivity contribution is 7.71. The van der Waals surface area contributed by atoms with E-state index in [1.54, 1.807) is 12.3 Å². The van der Waals surface area contributed by atoms with Crippen LogP contribution in [0.5, 0.6) is 0 Å². The topological polar surface area (TPSA) is 37.8 Å². The zero-order valence-corrected chi connectivity index (χ0v) is 10.5. The van der Waals surface area contributed by atoms with Crippen LogP contribution < -0.4 is 5.56 Å². The third-order valence-electron chi connectivity index (χ3n) is 3.51. The summed E-state index contributed by atoms with van der Waals surface area (Å²) in [5, 5.41) is 0. The summed E-state index contributed by atoms with van der Waals surface area (Å²) in [6.45, 7) is 3.24. The van der Waals surface area contributed by atoms with Crippen LogP contribution in [0.1, 0.15) is 39.0 Å². The number of nitrogens with zero attached hydrogens (tertiary/aromatic N) is 1. The van der Waals surface area contributed by atoms with Crippen molar-refractivity contribution in [2.75, 3.05) is 0 Å². The Hall–Kier alpha value is -0.900. The molecule has 1 heterocycles. The van der Waals surface area contributed by atoms with Gasteiger partial charge in [-0.15, -0.1) is 0 Å². The highest BCUT2D eigenvalue weighted by Gasteiger charge is 2.27. The van der Waals surface area contributed by atoms with Crippen molar-refractivity contribution in [3.8, 4) is 0 Å². The third-order valence-corrected chi connectivity index (χ3v) is 3.85. The molecule has 3 nitrogen and oxygen atoms in total. The van der Waals surface area contributed by atoms with Gasteiger partial charge in [0.05, 0.1) is 0 Å². The lowest BCUT2D eigenvalue weighted by atomic mass is 9.76. The van der Waals surface area contributed by atoms with Crippen molar-refractivity contribution in [3.05, 3.63) is 27.4 Å². The quantitative estimate of drug-likeness (QED) is 0.804. The van der Waals surface area contributed by atoms with E-state index < -0.39 is 0 Å². The summed E-state index contributed by atoms with van der Waals surface area (Å²) in [6, 6.07) is 1.54. The van der Waals surface area contributed by atoms with E-state index in [-0.39, 0.29) is 5.56 Å². The molecule has 1 aliphatic carbocycles. The maximum Gasteiger partial charge on any atom is 0.251 e. The van der Waals surface area contributed by atoms with E-state index in [9.17, 15) is 4.79 Å². The molecule has 1 aliphatic rings. The molecule has 1 fully saturated rings. The molecule has 16 heavy (non-hydrogen) atoms. The first-order chi connectivity index (χ1) is 7.59. The second-order valence-electron chi connectivity index (χ2n) is 5.11. The zero-order chi connectivity index (χ0) is 11.6. The molecule has 0 aromatic carbocycles. The van der Waals surface area contributed by atoms with Crippen molar-refractivity contribution in [2.24, 2.45) is 5.41 Å². The molecular weight excluding hydrogens is 220 g/mol. The minimum atomic E-state index is -0.116. The van der Waals surface area contributed by atoms with E-state index in [0.717, 1.165) is 6.54 Å². The number of H-pyrrole nitrogens is 1. The minimum absolute atomic E-state index is 0.116. The van der Waals surface area contributed by atoms with Crippen LogP contribution in [0.15, 0.2) is 17.1 Å². The lowest BCUT2D eigenvalue weighted by molar-refractivity contribution is 0.181. The summed E-state index contributed by atoms with van der Waals surface area (Å²) in [5.74, 6) is 0. The molecule has 1 aromatic rings. The number of rotatable bonds is 2. The Balaban J connectivity index is 2.19. The third kappa shape index (κ3) is 2.61. The van der Waals surface area contributed by atoms with Crippen LogP contribution in [0.2, 0.25) is 0 Å². The Kier molecular flexibility index (Phi) is 3.28. The smallest absolute Gasteiger partial charge is 0.251 e. The Morgan fingerprint density at radius 2 is 2.12 bits per heavy atom. The molecule has 88 valence electrons. The average molecular weight is 238 g/mol. The van der Waals surface area contributed by atoms with E-state index in [2.05, 4.69) is 11.9 Å². The molecule has 4 heteroatoms. The molecule has 0 amide bonds. The van der Waals surface area contributed by atoms with Gasteiger partial charge in [0, 0.05) is 18.8 Å². The average Bonchev–Trinajstić information content (AvgIpc) is 2.23. The largest absolute Gasteiger partial charge is 0.325 e. The van der Waals surface area contributed by atoms with Crippen molar-refractivity contribution < 1.29 is 0 Å². The molecule has 1 N–H and O–H groups in total. The SMILES string of the molecule is CC1(Cn2ccc(=O)[nH]c2=S)CCCCC1. The van der Waals surface area contributed by atoms with Gasteiger partial charge in [-0.2, -0.15) is 0 Å². The van der Waals surface area contributed by atoms with E-state index in [1.807, 2.05) is 4.57 Å². The maximum absolute atomic E-state index is 11.1. The Labute approximate surface area is 101 Å². The normalized spacial score (nSPS) is 19.6. The van der Waals surface area contributed by atoms with E-state index in [0.29, 0.717) is 10.2 Å². The first-order valence-electron chi connectivity index (χ1n) is 5.89. The lowest BCUT2D eigenvalue weighted by Gasteiger charge is -2.34. The van der Waals surface area contributed by atoms with Gasteiger partial charge in [-0.05, 0) is 30.5 Å². The predicted molar refractivity (Wildman–Crippen MR) is 67.1 cm³/mol. The van der Waals surface area contributed by atoms with Crippen molar-refractivity contribution in [1.82, 2.24) is 9.55 Å². The van der Waals surface area contributed by atoms with Gasteiger partial charge in [0.2, 0.25) is 0 Å². The predicted octanol–water partition coefficient (Wildman–Crippen LogP) is 2.88. The number of aromatic nitrogens is 2. The monoisotopic (exact) mass is 238 g/mol. The summed E-state index contributed by atoms with van der Waals surface area (Å²) in [4.78, 5) is 13.7. The molecule has 0 unspecified atom stereocenters. The molecule has 1 saturated carbocycles. The summed E-state index contributed by atoms with van der Waals surface area (Å²) in [6.07, 6.45) is 8.30. The summed E-state index contributed by atoms with van der Waals surface area (Å²) in [7, 11) is 0. The van der Waals surface area contributed by atoms with Gasteiger partial charge in [-0.1, -0.05) is 26.2 Å². The summed E-state index contributed by atoms with van der Waals surface area (Å²) < 4.78 is 2.53. The molecule has 0 saturated heterocycles. The van der Waals surface area contributed by atoms with Gasteiger partial charge < -0.3 is 4.57 Å². The van der Waals surface area contributed by atoms with E-state index >= 15 is 0 Å². The standard InChI is InChI=1S/C12H18N2OS/c1-12(6-3-2-4-7-12)9-14-8-5-10(15)13-11(14)16/h5,8H,2-4,6-7,9H2,1H3,(H,13,15,16). The minimum Gasteiger partial charge on any atom is -0.325 e. The molecule has 1 aromatic heterocycles. The lowest BCUT2D eigenvalue weighted by Crippen LogP contribution is -2.27. The summed E-state index contributed by atoms with van der Waals surface area (Å²) in [5.41, 5.74) is 0.226. The number of nitrogens with one attached hydrogen (secondary N) is 1. The Morgan fingerprint density at radius 1 is 1.44 bits per heavy atom. The first-order valence-corrected chi connectivity index (χ1v) is 6.30. The van der Waals surface area contributed by atoms with Crippen LogP contribution in [0.4, 0.5) is 0 Å². The first kappa shape index (κ1) is 11.6. The number of hydrogen-bond donors (Lipinski definition) is 1. The fourth-order valence-corrected chi connectivity index (χ4v) is 2.77. The molecular formula is C12H18N2OS. The van der Waals surface area contributed by atoms with Crippen molar-refractivity contribution in [2.45, 2.75) is 45.6 Å². The van der Waals surface area contributed by atoms with Gasteiger partial charge in [-0.3, -0.25) is 9.78 Å². The van der Waals surface area contributed by atoms with Crippen molar-refractivity contribution >= 4 is 12.2 Å². The molecule has 0 atom stereocenters. The summed E-state index contributed by atoms with van der Waals surface area (Å²) >= 11 is 5.17. The van der Waals surface area contributed by atoms with Gasteiger partial charge >= 0.3 is 0 Å². The van der Waals surface area contributed by atoms with Crippen molar-refractivity contribution in [1.29, 1.82) is 0 Å². The molecule has 0 bridgehead atoms. The number of aromatic amines is 1. The van der Waals surface area contributed by atoms with E-state index in [4.69, 9.17) is 12.2 Å². The molecule has 0 aliphatic heterocycles. The van der Waals surface area contributed by atoms with Crippen LogP contribution in [0, 0.1) is 10.2 Å². The molecule has 2 rings (SSSR count). The highest BCUT2D eigenvalue weighted by atomic mass is 32.1. The molecule has 0 spiro atoms. The van der Waals surface area contributed by atoms with Crippen LogP contribution in [0.25, 0.3) is 0 Å². The highest BCUT2D eigenvalue weighted by Crippen LogP contribution is 2.36. The molecule has 0 radical (unpaired) electrons. The van der Waals surface area contributed by atoms with Crippen LogP contribution in [-0.4, -0.2) is 9.55 Å². The van der Waals surface area contributed by atoms with Crippen LogP contribution in [0.3, 0.4) is 0 Å². The van der Waals surface area contributed by atoms with Gasteiger partial charge in [0.1, 0.15) is 0 Å². The fourth-order valence-electron chi connectivity index (χ4n) is 2.54. The van der Waals surface area contributed by atoms with Gasteiger partial charge in [-0.25, -0.2) is 0 Å². The van der Waals surface area contributed by atoms with Crippen LogP contribution >= 0.6 is 12.2 Å². The zero-order valence-electron chi connectivity index (χ0n) is 9.66. The van der Waals surface area contributed by atoms with Crippen molar-refractivity contribution in [3.63, 3.8) is 0 Å². The van der Waals surface area contributed by atoms with Gasteiger partial charge in [0.15, 0.2) is 4.77 Å². The second kappa shape index (κ2) is 4.53. The Bertz CT molecular complexity index is 468. The number of hydrogen-bond acceptors (Lipinski definition) is 2. The second-order valence-corrected chi connectivity index (χ2v) is 5.50. The fraction of sp³-hybridized carbons (Fsp3) is 0.667. The van der Waals surface area contributed by atoms with Gasteiger partial charge in [0.25, 0.3) is 5.56 Å². The maximum atomic E-state index is 11.1. The Morgan fingerprint density at radius 3 is 2.75 bits per heavy atom.